The maximum Gasteiger partial charge on any atom is 0.227 e. The Morgan fingerprint density at radius 2 is 1.57 bits per heavy atom. The highest BCUT2D eigenvalue weighted by molar-refractivity contribution is 6.12. The van der Waals surface area contributed by atoms with Crippen molar-refractivity contribution >= 4 is 28.1 Å². The Kier molecular flexibility index (Phi) is 2.61. The second-order valence-corrected chi connectivity index (χ2v) is 4.99. The van der Waals surface area contributed by atoms with Gasteiger partial charge in [0, 0.05) is 11.1 Å². The Bertz CT molecular complexity index is 878. The topological polar surface area (TPSA) is 21.6 Å². The summed E-state index contributed by atoms with van der Waals surface area (Å²) >= 11 is 0. The van der Waals surface area contributed by atoms with Gasteiger partial charge >= 0.3 is 0 Å². The minimum atomic E-state index is 0.618. The second kappa shape index (κ2) is 4.60. The fourth-order valence-electron chi connectivity index (χ4n) is 2.68. The van der Waals surface area contributed by atoms with E-state index in [0.717, 1.165) is 22.2 Å². The zero-order valence-electron chi connectivity index (χ0n) is 11.4. The van der Waals surface area contributed by atoms with Crippen molar-refractivity contribution in [2.45, 2.75) is 0 Å². The number of para-hydroxylation sites is 1. The fourth-order valence-corrected chi connectivity index (χ4v) is 2.68. The van der Waals surface area contributed by atoms with Crippen molar-refractivity contribution in [1.29, 1.82) is 0 Å². The molecule has 0 aromatic heterocycles. The summed E-state index contributed by atoms with van der Waals surface area (Å²) in [5, 5.41) is 2.33. The summed E-state index contributed by atoms with van der Waals surface area (Å²) in [4.78, 5) is 4.59. The smallest absolute Gasteiger partial charge is 0.227 e. The van der Waals surface area contributed by atoms with Crippen LogP contribution >= 0.6 is 0 Å². The largest absolute Gasteiger partial charge is 0.438 e. The van der Waals surface area contributed by atoms with E-state index in [1.165, 1.54) is 5.39 Å². The van der Waals surface area contributed by atoms with Crippen LogP contribution in [0, 0.1) is 0 Å². The summed E-state index contributed by atoms with van der Waals surface area (Å²) < 4.78 is 5.80. The molecule has 3 aromatic rings. The lowest BCUT2D eigenvalue weighted by atomic mass is 9.99. The first kappa shape index (κ1) is 11.9. The van der Waals surface area contributed by atoms with Gasteiger partial charge in [0.1, 0.15) is 5.76 Å². The maximum absolute atomic E-state index is 5.80. The van der Waals surface area contributed by atoms with E-state index in [2.05, 4.69) is 35.8 Å². The Morgan fingerprint density at radius 3 is 2.43 bits per heavy atom. The van der Waals surface area contributed by atoms with Gasteiger partial charge < -0.3 is 4.74 Å². The van der Waals surface area contributed by atoms with Crippen LogP contribution in [0.4, 0.5) is 5.69 Å². The van der Waals surface area contributed by atoms with E-state index in [4.69, 9.17) is 4.74 Å². The van der Waals surface area contributed by atoms with Crippen molar-refractivity contribution in [2.75, 3.05) is 0 Å². The van der Waals surface area contributed by atoms with Crippen molar-refractivity contribution < 1.29 is 4.74 Å². The normalized spacial score (nSPS) is 15.2. The van der Waals surface area contributed by atoms with Gasteiger partial charge in [0.25, 0.3) is 0 Å². The van der Waals surface area contributed by atoms with Gasteiger partial charge in [-0.2, -0.15) is 0 Å². The number of hydrogen-bond donors (Lipinski definition) is 0. The third kappa shape index (κ3) is 1.93. The summed E-state index contributed by atoms with van der Waals surface area (Å²) in [6, 6.07) is 22.2. The van der Waals surface area contributed by atoms with E-state index < -0.39 is 0 Å². The van der Waals surface area contributed by atoms with Gasteiger partial charge in [-0.05, 0) is 29.0 Å². The molecule has 2 heteroatoms. The van der Waals surface area contributed by atoms with Crippen LogP contribution in [-0.2, 0) is 4.74 Å². The molecule has 1 aliphatic rings. The first-order valence-electron chi connectivity index (χ1n) is 6.86. The third-order valence-electron chi connectivity index (χ3n) is 3.64. The van der Waals surface area contributed by atoms with Crippen LogP contribution in [0.2, 0.25) is 0 Å². The number of rotatable bonds is 1. The number of hydrogen-bond acceptors (Lipinski definition) is 2. The Balaban J connectivity index is 1.93. The molecular formula is C19H13NO. The van der Waals surface area contributed by atoms with Gasteiger partial charge in [0.2, 0.25) is 5.90 Å². The molecule has 0 amide bonds. The number of ether oxygens (including phenoxy) is 1. The van der Waals surface area contributed by atoms with Crippen molar-refractivity contribution in [3.63, 3.8) is 0 Å². The van der Waals surface area contributed by atoms with E-state index in [-0.39, 0.29) is 0 Å². The lowest BCUT2D eigenvalue weighted by Gasteiger charge is -2.02. The molecule has 0 bridgehead atoms. The standard InChI is InChI=1S/C19H13NO/c1-13-18-16-10-6-5-7-14(16)11-12-17(18)19(21-13)20-15-8-3-2-4-9-15/h2-12H,1H2/b20-19-. The molecule has 4 rings (SSSR count). The minimum Gasteiger partial charge on any atom is -0.438 e. The van der Waals surface area contributed by atoms with Crippen LogP contribution in [-0.4, -0.2) is 5.90 Å². The van der Waals surface area contributed by atoms with Crippen LogP contribution < -0.4 is 0 Å². The van der Waals surface area contributed by atoms with E-state index >= 15 is 0 Å². The molecule has 0 atom stereocenters. The van der Waals surface area contributed by atoms with Crippen molar-refractivity contribution in [2.24, 2.45) is 4.99 Å². The van der Waals surface area contributed by atoms with E-state index in [0.29, 0.717) is 11.7 Å². The molecule has 0 spiro atoms. The van der Waals surface area contributed by atoms with Crippen molar-refractivity contribution in [3.05, 3.63) is 84.4 Å². The SMILES string of the molecule is C=C1O/C(=N\c2ccccc2)c2ccc3ccccc3c21. The predicted octanol–water partition coefficient (Wildman–Crippen LogP) is 4.92. The highest BCUT2D eigenvalue weighted by Gasteiger charge is 2.25. The van der Waals surface area contributed by atoms with Crippen LogP contribution in [0.15, 0.2) is 78.3 Å². The maximum atomic E-state index is 5.80. The summed E-state index contributed by atoms with van der Waals surface area (Å²) in [5.74, 6) is 1.28. The Morgan fingerprint density at radius 1 is 0.810 bits per heavy atom. The summed E-state index contributed by atoms with van der Waals surface area (Å²) in [6.45, 7) is 4.03. The molecule has 0 saturated heterocycles. The quantitative estimate of drug-likeness (QED) is 0.615. The van der Waals surface area contributed by atoms with E-state index in [1.54, 1.807) is 0 Å². The molecule has 0 fully saturated rings. The molecule has 1 aliphatic heterocycles. The highest BCUT2D eigenvalue weighted by atomic mass is 16.5. The Hall–Kier alpha value is -2.87. The lowest BCUT2D eigenvalue weighted by Crippen LogP contribution is -1.96. The van der Waals surface area contributed by atoms with E-state index in [1.807, 2.05) is 42.5 Å². The van der Waals surface area contributed by atoms with Crippen LogP contribution in [0.3, 0.4) is 0 Å². The molecular weight excluding hydrogens is 258 g/mol. The van der Waals surface area contributed by atoms with Gasteiger partial charge in [-0.3, -0.25) is 0 Å². The molecule has 0 N–H and O–H groups in total. The van der Waals surface area contributed by atoms with Gasteiger partial charge in [0.05, 0.1) is 5.69 Å². The molecule has 0 unspecified atom stereocenters. The molecule has 2 nitrogen and oxygen atoms in total. The van der Waals surface area contributed by atoms with Crippen LogP contribution in [0.1, 0.15) is 11.1 Å². The van der Waals surface area contributed by atoms with Crippen LogP contribution in [0.25, 0.3) is 16.5 Å². The summed E-state index contributed by atoms with van der Waals surface area (Å²) in [6.07, 6.45) is 0. The van der Waals surface area contributed by atoms with Crippen molar-refractivity contribution in [3.8, 4) is 0 Å². The zero-order valence-corrected chi connectivity index (χ0v) is 11.4. The molecule has 0 saturated carbocycles. The molecule has 0 radical (unpaired) electrons. The lowest BCUT2D eigenvalue weighted by molar-refractivity contribution is 0.528. The van der Waals surface area contributed by atoms with Crippen molar-refractivity contribution in [1.82, 2.24) is 0 Å². The molecule has 3 aromatic carbocycles. The Labute approximate surface area is 123 Å². The number of aliphatic imine (C=N–C) groups is 1. The first-order chi connectivity index (χ1) is 10.3. The molecule has 0 aliphatic carbocycles. The highest BCUT2D eigenvalue weighted by Crippen LogP contribution is 2.35. The van der Waals surface area contributed by atoms with E-state index in [9.17, 15) is 0 Å². The number of nitrogens with zero attached hydrogens (tertiary/aromatic N) is 1. The minimum absolute atomic E-state index is 0.618. The average Bonchev–Trinajstić information content (AvgIpc) is 2.85. The second-order valence-electron chi connectivity index (χ2n) is 4.99. The summed E-state index contributed by atoms with van der Waals surface area (Å²) in [7, 11) is 0. The zero-order chi connectivity index (χ0) is 14.2. The molecule has 21 heavy (non-hydrogen) atoms. The van der Waals surface area contributed by atoms with Gasteiger partial charge in [-0.15, -0.1) is 0 Å². The monoisotopic (exact) mass is 271 g/mol. The third-order valence-corrected chi connectivity index (χ3v) is 3.64. The van der Waals surface area contributed by atoms with Gasteiger partial charge in [-0.1, -0.05) is 55.1 Å². The molecule has 100 valence electrons. The number of fused-ring (bicyclic) bond motifs is 3. The average molecular weight is 271 g/mol. The predicted molar refractivity (Wildman–Crippen MR) is 86.7 cm³/mol. The van der Waals surface area contributed by atoms with Gasteiger partial charge in [-0.25, -0.2) is 4.99 Å². The molecule has 1 heterocycles. The first-order valence-corrected chi connectivity index (χ1v) is 6.86. The van der Waals surface area contributed by atoms with Crippen LogP contribution in [0.5, 0.6) is 0 Å². The fraction of sp³-hybridized carbons (Fsp3) is 0. The number of benzene rings is 3. The summed E-state index contributed by atoms with van der Waals surface area (Å²) in [5.41, 5.74) is 2.92. The van der Waals surface area contributed by atoms with Gasteiger partial charge in [0.15, 0.2) is 0 Å².